The van der Waals surface area contributed by atoms with E-state index >= 15 is 0 Å². The summed E-state index contributed by atoms with van der Waals surface area (Å²) in [4.78, 5) is 7.66. The van der Waals surface area contributed by atoms with Crippen LogP contribution in [0.3, 0.4) is 0 Å². The fourth-order valence-electron chi connectivity index (χ4n) is 1.08. The lowest BCUT2D eigenvalue weighted by Crippen LogP contribution is -1.85. The first-order valence-corrected chi connectivity index (χ1v) is 5.03. The first-order valence-electron chi connectivity index (χ1n) is 4.65. The lowest BCUT2D eigenvalue weighted by Gasteiger charge is -1.89. The van der Waals surface area contributed by atoms with Gasteiger partial charge in [-0.3, -0.25) is 0 Å². The molecule has 6 heteroatoms. The lowest BCUT2D eigenvalue weighted by molar-refractivity contribution is 0.890. The van der Waals surface area contributed by atoms with E-state index in [1.165, 1.54) is 0 Å². The Morgan fingerprint density at radius 3 is 2.75 bits per heavy atom. The summed E-state index contributed by atoms with van der Waals surface area (Å²) in [5.74, 6) is 5.95. The van der Waals surface area contributed by atoms with E-state index in [0.717, 1.165) is 24.1 Å². The van der Waals surface area contributed by atoms with E-state index in [2.05, 4.69) is 37.2 Å². The van der Waals surface area contributed by atoms with Crippen LogP contribution in [0.4, 0.5) is 0 Å². The Bertz CT molecular complexity index is 494. The van der Waals surface area contributed by atoms with Crippen LogP contribution in [-0.4, -0.2) is 25.4 Å². The molecule has 0 spiro atoms. The Labute approximate surface area is 97.3 Å². The molecule has 2 aromatic heterocycles. The van der Waals surface area contributed by atoms with Crippen molar-refractivity contribution in [2.45, 2.75) is 12.8 Å². The van der Waals surface area contributed by atoms with Gasteiger partial charge in [-0.2, -0.15) is 15.4 Å². The molecule has 0 radical (unpaired) electrons. The van der Waals surface area contributed by atoms with E-state index in [9.17, 15) is 0 Å². The molecule has 0 aromatic carbocycles. The third-order valence-corrected chi connectivity index (χ3v) is 2.02. The number of nitrogens with zero attached hydrogens (tertiary/aromatic N) is 4. The molecule has 5 nitrogen and oxygen atoms in total. The van der Waals surface area contributed by atoms with Gasteiger partial charge in [0.2, 0.25) is 5.28 Å². The standard InChI is InChI=1S/C10H8ClN5/c11-10-12-5-8(6-13-10)3-1-2-4-9-7-14-16-15-9/h5-7H,2,4H2,(H,14,15,16). The van der Waals surface area contributed by atoms with Crippen molar-refractivity contribution in [1.82, 2.24) is 25.4 Å². The van der Waals surface area contributed by atoms with Gasteiger partial charge < -0.3 is 0 Å². The third-order valence-electron chi connectivity index (χ3n) is 1.82. The Morgan fingerprint density at radius 1 is 1.25 bits per heavy atom. The van der Waals surface area contributed by atoms with Crippen molar-refractivity contribution in [1.29, 1.82) is 0 Å². The molecule has 0 unspecified atom stereocenters. The van der Waals surface area contributed by atoms with Crippen LogP contribution in [0.1, 0.15) is 17.7 Å². The summed E-state index contributed by atoms with van der Waals surface area (Å²) in [6.45, 7) is 0. The van der Waals surface area contributed by atoms with Crippen LogP contribution >= 0.6 is 11.6 Å². The van der Waals surface area contributed by atoms with Crippen molar-refractivity contribution in [2.75, 3.05) is 0 Å². The number of nitrogens with one attached hydrogen (secondary N) is 1. The van der Waals surface area contributed by atoms with E-state index in [-0.39, 0.29) is 5.28 Å². The number of H-pyrrole nitrogens is 1. The quantitative estimate of drug-likeness (QED) is 0.626. The Balaban J connectivity index is 1.88. The fourth-order valence-corrected chi connectivity index (χ4v) is 1.18. The van der Waals surface area contributed by atoms with Gasteiger partial charge in [-0.25, -0.2) is 9.97 Å². The minimum Gasteiger partial charge on any atom is -0.225 e. The number of halogens is 1. The summed E-state index contributed by atoms with van der Waals surface area (Å²) in [5.41, 5.74) is 1.66. The molecule has 0 aliphatic rings. The maximum absolute atomic E-state index is 5.55. The monoisotopic (exact) mass is 233 g/mol. The minimum absolute atomic E-state index is 0.230. The molecule has 2 rings (SSSR count). The predicted octanol–water partition coefficient (Wildman–Crippen LogP) is 1.23. The van der Waals surface area contributed by atoms with E-state index in [4.69, 9.17) is 11.6 Å². The Kier molecular flexibility index (Phi) is 3.46. The van der Waals surface area contributed by atoms with Crippen LogP contribution in [-0.2, 0) is 6.42 Å². The zero-order valence-corrected chi connectivity index (χ0v) is 9.07. The Hall–Kier alpha value is -1.93. The summed E-state index contributed by atoms with van der Waals surface area (Å²) in [5, 5.41) is 10.4. The summed E-state index contributed by atoms with van der Waals surface area (Å²) < 4.78 is 0. The Morgan fingerprint density at radius 2 is 2.06 bits per heavy atom. The zero-order valence-electron chi connectivity index (χ0n) is 8.31. The molecule has 0 saturated heterocycles. The van der Waals surface area contributed by atoms with Gasteiger partial charge in [-0.1, -0.05) is 11.8 Å². The number of aromatic nitrogens is 5. The molecule has 0 aliphatic heterocycles. The molecular weight excluding hydrogens is 226 g/mol. The van der Waals surface area contributed by atoms with Gasteiger partial charge in [0.1, 0.15) is 0 Å². The summed E-state index contributed by atoms with van der Waals surface area (Å²) in [6, 6.07) is 0. The molecule has 0 bridgehead atoms. The van der Waals surface area contributed by atoms with Crippen LogP contribution in [0.2, 0.25) is 5.28 Å². The molecule has 0 fully saturated rings. The average Bonchev–Trinajstić information content (AvgIpc) is 2.80. The highest BCUT2D eigenvalue weighted by molar-refractivity contribution is 6.28. The van der Waals surface area contributed by atoms with Crippen LogP contribution in [0, 0.1) is 11.8 Å². The zero-order chi connectivity index (χ0) is 11.2. The van der Waals surface area contributed by atoms with Crippen LogP contribution < -0.4 is 0 Å². The maximum Gasteiger partial charge on any atom is 0.222 e. The maximum atomic E-state index is 5.55. The highest BCUT2D eigenvalue weighted by atomic mass is 35.5. The summed E-state index contributed by atoms with van der Waals surface area (Å²) in [6.07, 6.45) is 6.37. The molecule has 0 aliphatic carbocycles. The number of aryl methyl sites for hydroxylation is 1. The van der Waals surface area contributed by atoms with E-state index in [1.54, 1.807) is 18.6 Å². The fraction of sp³-hybridized carbons (Fsp3) is 0.200. The summed E-state index contributed by atoms with van der Waals surface area (Å²) in [7, 11) is 0. The van der Waals surface area contributed by atoms with Gasteiger partial charge >= 0.3 is 0 Å². The van der Waals surface area contributed by atoms with Crippen LogP contribution in [0.25, 0.3) is 0 Å². The first kappa shape index (κ1) is 10.6. The van der Waals surface area contributed by atoms with Gasteiger partial charge in [0, 0.05) is 25.2 Å². The van der Waals surface area contributed by atoms with Crippen molar-refractivity contribution < 1.29 is 0 Å². The predicted molar refractivity (Wildman–Crippen MR) is 58.6 cm³/mol. The molecule has 2 heterocycles. The first-order chi connectivity index (χ1) is 7.84. The molecule has 16 heavy (non-hydrogen) atoms. The van der Waals surface area contributed by atoms with Gasteiger partial charge in [-0.05, 0) is 11.6 Å². The SMILES string of the molecule is Clc1ncc(C#CCCc2cn[nH]n2)cn1. The van der Waals surface area contributed by atoms with E-state index < -0.39 is 0 Å². The van der Waals surface area contributed by atoms with Gasteiger partial charge in [0.05, 0.1) is 17.5 Å². The molecule has 1 N–H and O–H groups in total. The van der Waals surface area contributed by atoms with Crippen LogP contribution in [0.15, 0.2) is 18.6 Å². The van der Waals surface area contributed by atoms with Gasteiger partial charge in [0.25, 0.3) is 0 Å². The molecule has 2 aromatic rings. The topological polar surface area (TPSA) is 67.3 Å². The highest BCUT2D eigenvalue weighted by Crippen LogP contribution is 1.99. The second kappa shape index (κ2) is 5.24. The van der Waals surface area contributed by atoms with Crippen molar-refractivity contribution in [3.8, 4) is 11.8 Å². The number of hydrogen-bond acceptors (Lipinski definition) is 4. The summed E-state index contributed by atoms with van der Waals surface area (Å²) >= 11 is 5.55. The molecule has 0 atom stereocenters. The number of rotatable bonds is 2. The number of hydrogen-bond donors (Lipinski definition) is 1. The molecule has 0 saturated carbocycles. The molecule has 0 amide bonds. The second-order valence-corrected chi connectivity index (χ2v) is 3.34. The smallest absolute Gasteiger partial charge is 0.222 e. The highest BCUT2D eigenvalue weighted by Gasteiger charge is 1.93. The molecule has 80 valence electrons. The van der Waals surface area contributed by atoms with Gasteiger partial charge in [0.15, 0.2) is 0 Å². The van der Waals surface area contributed by atoms with Crippen molar-refractivity contribution >= 4 is 11.6 Å². The van der Waals surface area contributed by atoms with Crippen molar-refractivity contribution in [3.05, 3.63) is 35.1 Å². The van der Waals surface area contributed by atoms with E-state index in [0.29, 0.717) is 0 Å². The normalized spacial score (nSPS) is 9.56. The van der Waals surface area contributed by atoms with Crippen molar-refractivity contribution in [3.63, 3.8) is 0 Å². The average molecular weight is 234 g/mol. The van der Waals surface area contributed by atoms with E-state index in [1.807, 2.05) is 0 Å². The van der Waals surface area contributed by atoms with Crippen molar-refractivity contribution in [2.24, 2.45) is 0 Å². The second-order valence-electron chi connectivity index (χ2n) is 3.00. The van der Waals surface area contributed by atoms with Gasteiger partial charge in [-0.15, -0.1) is 0 Å². The lowest BCUT2D eigenvalue weighted by atomic mass is 10.2. The third kappa shape index (κ3) is 3.04. The minimum atomic E-state index is 0.230. The number of aromatic amines is 1. The van der Waals surface area contributed by atoms with Crippen LogP contribution in [0.5, 0.6) is 0 Å². The largest absolute Gasteiger partial charge is 0.225 e. The molecular formula is C10H8ClN5.